The van der Waals surface area contributed by atoms with Crippen molar-refractivity contribution in [3.8, 4) is 0 Å². The monoisotopic (exact) mass is 222 g/mol. The van der Waals surface area contributed by atoms with E-state index in [0.29, 0.717) is 0 Å². The predicted octanol–water partition coefficient (Wildman–Crippen LogP) is 0.0935. The molecule has 88 valence electrons. The molecular weight excluding hydrogens is 204 g/mol. The Hall–Kier alpha value is -1.36. The first-order chi connectivity index (χ1) is 7.81. The van der Waals surface area contributed by atoms with Crippen molar-refractivity contribution < 1.29 is 4.79 Å². The number of carbonyl (C=O) groups excluding carboxylic acids is 1. The summed E-state index contributed by atoms with van der Waals surface area (Å²) in [5, 5.41) is 3.21. The SMILES string of the molecule is CCNC1CCN(CCn2ccnc2)C1=O. The molecule has 2 heterocycles. The zero-order valence-corrected chi connectivity index (χ0v) is 9.59. The fraction of sp³-hybridized carbons (Fsp3) is 0.636. The van der Waals surface area contributed by atoms with Crippen molar-refractivity contribution in [2.24, 2.45) is 0 Å². The molecule has 0 bridgehead atoms. The Balaban J connectivity index is 1.81. The van der Waals surface area contributed by atoms with Gasteiger partial charge in [-0.1, -0.05) is 6.92 Å². The van der Waals surface area contributed by atoms with Crippen LogP contribution in [0.25, 0.3) is 0 Å². The van der Waals surface area contributed by atoms with Crippen LogP contribution < -0.4 is 5.32 Å². The molecule has 16 heavy (non-hydrogen) atoms. The smallest absolute Gasteiger partial charge is 0.239 e. The molecule has 1 aromatic heterocycles. The van der Waals surface area contributed by atoms with Crippen molar-refractivity contribution in [3.63, 3.8) is 0 Å². The largest absolute Gasteiger partial charge is 0.339 e. The highest BCUT2D eigenvalue weighted by atomic mass is 16.2. The van der Waals surface area contributed by atoms with Crippen molar-refractivity contribution in [2.45, 2.75) is 25.9 Å². The number of imidazole rings is 1. The summed E-state index contributed by atoms with van der Waals surface area (Å²) in [7, 11) is 0. The standard InChI is InChI=1S/C11H18N4O/c1-2-13-10-3-5-15(11(10)16)8-7-14-6-4-12-9-14/h4,6,9-10,13H,2-3,5,7-8H2,1H3. The topological polar surface area (TPSA) is 50.2 Å². The second kappa shape index (κ2) is 5.12. The molecule has 0 aliphatic carbocycles. The van der Waals surface area contributed by atoms with E-state index in [1.54, 1.807) is 12.5 Å². The van der Waals surface area contributed by atoms with Gasteiger partial charge in [-0.15, -0.1) is 0 Å². The van der Waals surface area contributed by atoms with Crippen LogP contribution in [0.4, 0.5) is 0 Å². The fourth-order valence-electron chi connectivity index (χ4n) is 2.05. The highest BCUT2D eigenvalue weighted by Gasteiger charge is 2.30. The van der Waals surface area contributed by atoms with Gasteiger partial charge < -0.3 is 14.8 Å². The number of aromatic nitrogens is 2. The summed E-state index contributed by atoms with van der Waals surface area (Å²) in [6.45, 7) is 5.35. The minimum absolute atomic E-state index is 0.0350. The molecule has 0 saturated carbocycles. The van der Waals surface area contributed by atoms with Crippen molar-refractivity contribution in [3.05, 3.63) is 18.7 Å². The quantitative estimate of drug-likeness (QED) is 0.768. The lowest BCUT2D eigenvalue weighted by Gasteiger charge is -2.16. The van der Waals surface area contributed by atoms with E-state index in [-0.39, 0.29) is 11.9 Å². The van der Waals surface area contributed by atoms with Crippen LogP contribution in [-0.4, -0.2) is 46.0 Å². The van der Waals surface area contributed by atoms with Gasteiger partial charge in [-0.25, -0.2) is 4.98 Å². The molecule has 1 aromatic rings. The number of likely N-dealkylation sites (N-methyl/N-ethyl adjacent to an activating group) is 1. The highest BCUT2D eigenvalue weighted by Crippen LogP contribution is 2.10. The third-order valence-corrected chi connectivity index (χ3v) is 2.94. The second-order valence-corrected chi connectivity index (χ2v) is 4.02. The third-order valence-electron chi connectivity index (χ3n) is 2.94. The first-order valence-corrected chi connectivity index (χ1v) is 5.79. The Bertz CT molecular complexity index is 336. The minimum Gasteiger partial charge on any atom is -0.339 e. The van der Waals surface area contributed by atoms with E-state index in [9.17, 15) is 4.79 Å². The molecule has 0 aromatic carbocycles. The minimum atomic E-state index is 0.0350. The Labute approximate surface area is 95.5 Å². The first-order valence-electron chi connectivity index (χ1n) is 5.79. The summed E-state index contributed by atoms with van der Waals surface area (Å²) in [5.41, 5.74) is 0. The Morgan fingerprint density at radius 1 is 1.56 bits per heavy atom. The maximum atomic E-state index is 11.9. The first kappa shape index (κ1) is 11.1. The van der Waals surface area contributed by atoms with E-state index in [1.807, 2.05) is 22.6 Å². The van der Waals surface area contributed by atoms with E-state index in [2.05, 4.69) is 10.3 Å². The van der Waals surface area contributed by atoms with E-state index >= 15 is 0 Å². The van der Waals surface area contributed by atoms with E-state index in [4.69, 9.17) is 0 Å². The molecule has 1 amide bonds. The number of rotatable bonds is 5. The van der Waals surface area contributed by atoms with Crippen molar-refractivity contribution in [1.29, 1.82) is 0 Å². The zero-order valence-electron chi connectivity index (χ0n) is 9.59. The lowest BCUT2D eigenvalue weighted by atomic mass is 10.2. The van der Waals surface area contributed by atoms with Crippen LogP contribution in [0.5, 0.6) is 0 Å². The molecule has 2 rings (SSSR count). The van der Waals surface area contributed by atoms with Gasteiger partial charge in [-0.3, -0.25) is 4.79 Å². The zero-order chi connectivity index (χ0) is 11.4. The number of amides is 1. The van der Waals surface area contributed by atoms with Gasteiger partial charge in [0, 0.05) is 32.0 Å². The van der Waals surface area contributed by atoms with Crippen LogP contribution in [0.15, 0.2) is 18.7 Å². The van der Waals surface area contributed by atoms with Gasteiger partial charge in [-0.05, 0) is 13.0 Å². The van der Waals surface area contributed by atoms with Gasteiger partial charge >= 0.3 is 0 Å². The fourth-order valence-corrected chi connectivity index (χ4v) is 2.05. The molecule has 0 spiro atoms. The van der Waals surface area contributed by atoms with Gasteiger partial charge in [0.2, 0.25) is 5.91 Å². The molecule has 1 saturated heterocycles. The van der Waals surface area contributed by atoms with Gasteiger partial charge in [0.15, 0.2) is 0 Å². The molecule has 1 N–H and O–H groups in total. The van der Waals surface area contributed by atoms with Crippen LogP contribution in [0, 0.1) is 0 Å². The summed E-state index contributed by atoms with van der Waals surface area (Å²) >= 11 is 0. The average molecular weight is 222 g/mol. The molecule has 0 radical (unpaired) electrons. The Kier molecular flexibility index (Phi) is 3.56. The molecule has 5 nitrogen and oxygen atoms in total. The van der Waals surface area contributed by atoms with Crippen LogP contribution in [-0.2, 0) is 11.3 Å². The second-order valence-electron chi connectivity index (χ2n) is 4.02. The molecular formula is C11H18N4O. The number of carbonyl (C=O) groups is 1. The summed E-state index contributed by atoms with van der Waals surface area (Å²) < 4.78 is 1.99. The maximum absolute atomic E-state index is 11.9. The maximum Gasteiger partial charge on any atom is 0.239 e. The molecule has 1 unspecified atom stereocenters. The van der Waals surface area contributed by atoms with Gasteiger partial charge in [0.1, 0.15) is 0 Å². The molecule has 1 fully saturated rings. The number of likely N-dealkylation sites (tertiary alicyclic amines) is 1. The third kappa shape index (κ3) is 2.41. The van der Waals surface area contributed by atoms with E-state index in [0.717, 1.165) is 32.6 Å². The Morgan fingerprint density at radius 2 is 2.44 bits per heavy atom. The van der Waals surface area contributed by atoms with E-state index in [1.165, 1.54) is 0 Å². The molecule has 1 aliphatic rings. The average Bonchev–Trinajstić information content (AvgIpc) is 2.89. The number of nitrogens with one attached hydrogen (secondary N) is 1. The highest BCUT2D eigenvalue weighted by molar-refractivity contribution is 5.83. The van der Waals surface area contributed by atoms with Crippen LogP contribution in [0.1, 0.15) is 13.3 Å². The number of hydrogen-bond acceptors (Lipinski definition) is 3. The van der Waals surface area contributed by atoms with Crippen molar-refractivity contribution >= 4 is 5.91 Å². The molecule has 5 heteroatoms. The Morgan fingerprint density at radius 3 is 3.12 bits per heavy atom. The van der Waals surface area contributed by atoms with Crippen LogP contribution in [0.3, 0.4) is 0 Å². The summed E-state index contributed by atoms with van der Waals surface area (Å²) in [6, 6.07) is 0.0350. The van der Waals surface area contributed by atoms with Crippen molar-refractivity contribution in [2.75, 3.05) is 19.6 Å². The van der Waals surface area contributed by atoms with Gasteiger partial charge in [0.05, 0.1) is 12.4 Å². The predicted molar refractivity (Wildman–Crippen MR) is 60.9 cm³/mol. The molecule has 1 aliphatic heterocycles. The van der Waals surface area contributed by atoms with Crippen molar-refractivity contribution in [1.82, 2.24) is 19.8 Å². The number of hydrogen-bond donors (Lipinski definition) is 1. The van der Waals surface area contributed by atoms with Gasteiger partial charge in [0.25, 0.3) is 0 Å². The van der Waals surface area contributed by atoms with E-state index < -0.39 is 0 Å². The van der Waals surface area contributed by atoms with Crippen LogP contribution in [0.2, 0.25) is 0 Å². The van der Waals surface area contributed by atoms with Gasteiger partial charge in [-0.2, -0.15) is 0 Å². The van der Waals surface area contributed by atoms with Crippen LogP contribution >= 0.6 is 0 Å². The normalized spacial score (nSPS) is 20.7. The summed E-state index contributed by atoms with van der Waals surface area (Å²) in [6.07, 6.45) is 6.38. The molecule has 1 atom stereocenters. The lowest BCUT2D eigenvalue weighted by molar-refractivity contribution is -0.129. The number of nitrogens with zero attached hydrogens (tertiary/aromatic N) is 3. The summed E-state index contributed by atoms with van der Waals surface area (Å²) in [5.74, 6) is 0.238. The summed E-state index contributed by atoms with van der Waals surface area (Å²) in [4.78, 5) is 17.8. The lowest BCUT2D eigenvalue weighted by Crippen LogP contribution is -2.39.